The van der Waals surface area contributed by atoms with Gasteiger partial charge in [-0.25, -0.2) is 8.42 Å². The molecule has 0 aliphatic rings. The minimum atomic E-state index is -3.64. The van der Waals surface area contributed by atoms with E-state index < -0.39 is 10.0 Å². The van der Waals surface area contributed by atoms with Crippen LogP contribution in [0.25, 0.3) is 0 Å². The zero-order valence-corrected chi connectivity index (χ0v) is 18.4. The summed E-state index contributed by atoms with van der Waals surface area (Å²) in [5.41, 5.74) is 1.91. The number of nitrogens with zero attached hydrogens (tertiary/aromatic N) is 1. The molecule has 31 heavy (non-hydrogen) atoms. The fourth-order valence-corrected chi connectivity index (χ4v) is 4.10. The van der Waals surface area contributed by atoms with Gasteiger partial charge in [0.05, 0.1) is 11.5 Å². The van der Waals surface area contributed by atoms with Gasteiger partial charge in [-0.2, -0.15) is 4.31 Å². The average Bonchev–Trinajstić information content (AvgIpc) is 2.79. The van der Waals surface area contributed by atoms with E-state index in [0.29, 0.717) is 23.6 Å². The first kappa shape index (κ1) is 22.5. The van der Waals surface area contributed by atoms with Crippen molar-refractivity contribution < 1.29 is 17.9 Å². The summed E-state index contributed by atoms with van der Waals surface area (Å²) in [7, 11) is -2.09. The summed E-state index contributed by atoms with van der Waals surface area (Å²) in [5.74, 6) is 0.437. The molecular formula is C24H26N2O4S. The van der Waals surface area contributed by atoms with Crippen molar-refractivity contribution in [1.29, 1.82) is 0 Å². The van der Waals surface area contributed by atoms with Crippen molar-refractivity contribution in [3.05, 3.63) is 90.0 Å². The molecule has 1 N–H and O–H groups in total. The minimum Gasteiger partial charge on any atom is -0.494 e. The second-order valence-corrected chi connectivity index (χ2v) is 9.14. The lowest BCUT2D eigenvalue weighted by Gasteiger charge is -2.17. The number of anilines is 1. The lowest BCUT2D eigenvalue weighted by Crippen LogP contribution is -2.26. The molecule has 0 aliphatic heterocycles. The van der Waals surface area contributed by atoms with Crippen LogP contribution in [-0.2, 0) is 16.6 Å². The molecule has 6 nitrogen and oxygen atoms in total. The smallest absolute Gasteiger partial charge is 0.255 e. The molecular weight excluding hydrogens is 412 g/mol. The molecule has 7 heteroatoms. The van der Waals surface area contributed by atoms with Gasteiger partial charge in [0.2, 0.25) is 10.0 Å². The Kier molecular flexibility index (Phi) is 7.44. The molecule has 0 unspecified atom stereocenters. The van der Waals surface area contributed by atoms with Crippen LogP contribution in [0.3, 0.4) is 0 Å². The van der Waals surface area contributed by atoms with E-state index in [1.165, 1.54) is 16.4 Å². The summed E-state index contributed by atoms with van der Waals surface area (Å²) >= 11 is 0. The molecule has 3 aromatic rings. The maximum absolute atomic E-state index is 12.8. The first-order valence-electron chi connectivity index (χ1n) is 10.0. The monoisotopic (exact) mass is 438 g/mol. The molecule has 0 saturated carbocycles. The van der Waals surface area contributed by atoms with Gasteiger partial charge in [-0.05, 0) is 60.5 Å². The highest BCUT2D eigenvalue weighted by Crippen LogP contribution is 2.20. The quantitative estimate of drug-likeness (QED) is 0.532. The van der Waals surface area contributed by atoms with Crippen molar-refractivity contribution in [2.24, 2.45) is 0 Å². The third-order valence-corrected chi connectivity index (χ3v) is 6.48. The molecule has 0 radical (unpaired) electrons. The van der Waals surface area contributed by atoms with Gasteiger partial charge in [0, 0.05) is 24.8 Å². The van der Waals surface area contributed by atoms with Gasteiger partial charge in [0.1, 0.15) is 5.75 Å². The highest BCUT2D eigenvalue weighted by atomic mass is 32.2. The number of amides is 1. The summed E-state index contributed by atoms with van der Waals surface area (Å²) in [6, 6.07) is 22.4. The Balaban J connectivity index is 1.64. The van der Waals surface area contributed by atoms with Crippen LogP contribution in [0.4, 0.5) is 5.69 Å². The van der Waals surface area contributed by atoms with E-state index in [2.05, 4.69) is 5.32 Å². The maximum Gasteiger partial charge on any atom is 0.255 e. The van der Waals surface area contributed by atoms with Gasteiger partial charge >= 0.3 is 0 Å². The van der Waals surface area contributed by atoms with Crippen molar-refractivity contribution in [3.63, 3.8) is 0 Å². The third kappa shape index (κ3) is 5.93. The number of rotatable bonds is 9. The van der Waals surface area contributed by atoms with E-state index >= 15 is 0 Å². The number of nitrogens with one attached hydrogen (secondary N) is 1. The Morgan fingerprint density at radius 1 is 0.935 bits per heavy atom. The van der Waals surface area contributed by atoms with E-state index in [-0.39, 0.29) is 17.3 Å². The molecule has 0 saturated heterocycles. The molecule has 0 bridgehead atoms. The van der Waals surface area contributed by atoms with Crippen LogP contribution in [0.5, 0.6) is 5.75 Å². The van der Waals surface area contributed by atoms with Gasteiger partial charge in [-0.15, -0.1) is 0 Å². The molecule has 3 aromatic carbocycles. The number of hydrogen-bond acceptors (Lipinski definition) is 4. The van der Waals surface area contributed by atoms with Crippen molar-refractivity contribution in [3.8, 4) is 5.75 Å². The van der Waals surface area contributed by atoms with Gasteiger partial charge in [-0.1, -0.05) is 37.3 Å². The second-order valence-electron chi connectivity index (χ2n) is 7.10. The zero-order chi connectivity index (χ0) is 22.3. The minimum absolute atomic E-state index is 0.168. The molecule has 0 heterocycles. The standard InChI is InChI=1S/C24H26N2O4S/c1-3-17-30-22-13-9-20(10-14-22)24(27)25-21-11-15-23(16-12-21)31(28,29)26(2)18-19-7-5-4-6-8-19/h4-16H,3,17-18H2,1-2H3,(H,25,27). The van der Waals surface area contributed by atoms with E-state index in [9.17, 15) is 13.2 Å². The predicted molar refractivity (Wildman–Crippen MR) is 122 cm³/mol. The predicted octanol–water partition coefficient (Wildman–Crippen LogP) is 4.55. The molecule has 1 amide bonds. The largest absolute Gasteiger partial charge is 0.494 e. The lowest BCUT2D eigenvalue weighted by atomic mass is 10.2. The SMILES string of the molecule is CCCOc1ccc(C(=O)Nc2ccc(S(=O)(=O)N(C)Cc3ccccc3)cc2)cc1. The lowest BCUT2D eigenvalue weighted by molar-refractivity contribution is 0.102. The van der Waals surface area contributed by atoms with E-state index in [1.807, 2.05) is 37.3 Å². The van der Waals surface area contributed by atoms with Crippen molar-refractivity contribution in [2.75, 3.05) is 19.0 Å². The Hall–Kier alpha value is -3.16. The number of carbonyl (C=O) groups is 1. The Labute approximate surface area is 183 Å². The fourth-order valence-electron chi connectivity index (χ4n) is 2.94. The zero-order valence-electron chi connectivity index (χ0n) is 17.6. The summed E-state index contributed by atoms with van der Waals surface area (Å²) < 4.78 is 32.5. The Morgan fingerprint density at radius 3 is 2.19 bits per heavy atom. The van der Waals surface area contributed by atoms with Crippen LogP contribution in [-0.4, -0.2) is 32.3 Å². The van der Waals surface area contributed by atoms with Crippen LogP contribution in [0, 0.1) is 0 Å². The summed E-state index contributed by atoms with van der Waals surface area (Å²) in [6.07, 6.45) is 0.913. The van der Waals surface area contributed by atoms with Gasteiger partial charge in [-0.3, -0.25) is 4.79 Å². The second kappa shape index (κ2) is 10.2. The highest BCUT2D eigenvalue weighted by molar-refractivity contribution is 7.89. The molecule has 0 spiro atoms. The summed E-state index contributed by atoms with van der Waals surface area (Å²) in [6.45, 7) is 2.93. The highest BCUT2D eigenvalue weighted by Gasteiger charge is 2.21. The normalized spacial score (nSPS) is 11.3. The van der Waals surface area contributed by atoms with E-state index in [0.717, 1.165) is 12.0 Å². The van der Waals surface area contributed by atoms with Crippen LogP contribution in [0.2, 0.25) is 0 Å². The summed E-state index contributed by atoms with van der Waals surface area (Å²) in [5, 5.41) is 2.78. The van der Waals surface area contributed by atoms with Gasteiger partial charge in [0.25, 0.3) is 5.91 Å². The summed E-state index contributed by atoms with van der Waals surface area (Å²) in [4.78, 5) is 12.6. The topological polar surface area (TPSA) is 75.7 Å². The van der Waals surface area contributed by atoms with Crippen LogP contribution in [0.1, 0.15) is 29.3 Å². The van der Waals surface area contributed by atoms with Crippen molar-refractivity contribution in [2.45, 2.75) is 24.8 Å². The van der Waals surface area contributed by atoms with Crippen LogP contribution >= 0.6 is 0 Å². The maximum atomic E-state index is 12.8. The van der Waals surface area contributed by atoms with Crippen molar-refractivity contribution in [1.82, 2.24) is 4.31 Å². The molecule has 0 aliphatic carbocycles. The van der Waals surface area contributed by atoms with E-state index in [1.54, 1.807) is 43.4 Å². The number of benzene rings is 3. The molecule has 0 fully saturated rings. The molecule has 0 atom stereocenters. The molecule has 0 aromatic heterocycles. The number of carbonyl (C=O) groups excluding carboxylic acids is 1. The Morgan fingerprint density at radius 2 is 1.58 bits per heavy atom. The van der Waals surface area contributed by atoms with Gasteiger partial charge < -0.3 is 10.1 Å². The van der Waals surface area contributed by atoms with Crippen LogP contribution < -0.4 is 10.1 Å². The average molecular weight is 439 g/mol. The third-order valence-electron chi connectivity index (χ3n) is 4.66. The first-order valence-corrected chi connectivity index (χ1v) is 11.5. The number of ether oxygens (including phenoxy) is 1. The van der Waals surface area contributed by atoms with Crippen molar-refractivity contribution >= 4 is 21.6 Å². The molecule has 3 rings (SSSR count). The molecule has 162 valence electrons. The number of sulfonamides is 1. The number of hydrogen-bond donors (Lipinski definition) is 1. The first-order chi connectivity index (χ1) is 14.9. The Bertz CT molecular complexity index is 1100. The van der Waals surface area contributed by atoms with Gasteiger partial charge in [0.15, 0.2) is 0 Å². The van der Waals surface area contributed by atoms with Crippen LogP contribution in [0.15, 0.2) is 83.8 Å². The fraction of sp³-hybridized carbons (Fsp3) is 0.208. The van der Waals surface area contributed by atoms with E-state index in [4.69, 9.17) is 4.74 Å².